The van der Waals surface area contributed by atoms with Crippen LogP contribution >= 0.6 is 23.2 Å². The number of alkyl halides is 3. The predicted molar refractivity (Wildman–Crippen MR) is 78.3 cm³/mol. The minimum Gasteiger partial charge on any atom is -0.384 e. The zero-order valence-corrected chi connectivity index (χ0v) is 12.2. The highest BCUT2D eigenvalue weighted by molar-refractivity contribution is 6.38. The van der Waals surface area contributed by atoms with Crippen LogP contribution in [0.5, 0.6) is 0 Å². The van der Waals surface area contributed by atoms with Crippen molar-refractivity contribution in [1.29, 1.82) is 0 Å². The van der Waals surface area contributed by atoms with Crippen molar-refractivity contribution in [1.82, 2.24) is 14.8 Å². The summed E-state index contributed by atoms with van der Waals surface area (Å²) >= 11 is 11.9. The van der Waals surface area contributed by atoms with Crippen LogP contribution in [0.15, 0.2) is 30.5 Å². The Morgan fingerprint density at radius 2 is 1.73 bits per heavy atom. The fourth-order valence-electron chi connectivity index (χ4n) is 2.04. The molecule has 0 unspecified atom stereocenters. The van der Waals surface area contributed by atoms with Crippen LogP contribution in [-0.2, 0) is 6.18 Å². The van der Waals surface area contributed by atoms with E-state index in [0.29, 0.717) is 16.9 Å². The van der Waals surface area contributed by atoms with E-state index >= 15 is 0 Å². The molecule has 0 aliphatic rings. The van der Waals surface area contributed by atoms with Crippen molar-refractivity contribution in [3.8, 4) is 5.69 Å². The Balaban J connectivity index is 2.23. The molecule has 2 N–H and O–H groups in total. The lowest BCUT2D eigenvalue weighted by molar-refractivity contribution is -0.137. The molecule has 3 aromatic rings. The van der Waals surface area contributed by atoms with E-state index in [2.05, 4.69) is 10.1 Å². The molecule has 114 valence electrons. The summed E-state index contributed by atoms with van der Waals surface area (Å²) in [6, 6.07) is 4.80. The summed E-state index contributed by atoms with van der Waals surface area (Å²) < 4.78 is 39.6. The lowest BCUT2D eigenvalue weighted by Crippen LogP contribution is -2.07. The maximum absolute atomic E-state index is 12.8. The van der Waals surface area contributed by atoms with Gasteiger partial charge in [-0.2, -0.15) is 18.3 Å². The molecule has 0 spiro atoms. The Hall–Kier alpha value is -1.99. The molecule has 0 aliphatic heterocycles. The van der Waals surface area contributed by atoms with E-state index in [9.17, 15) is 13.2 Å². The smallest absolute Gasteiger partial charge is 0.384 e. The summed E-state index contributed by atoms with van der Waals surface area (Å²) in [5.41, 5.74) is 5.80. The molecule has 0 bridgehead atoms. The van der Waals surface area contributed by atoms with Gasteiger partial charge in [-0.25, -0.2) is 9.67 Å². The van der Waals surface area contributed by atoms with Crippen LogP contribution in [0, 0.1) is 0 Å². The molecular formula is C13H7Cl2F3N4. The number of nitrogen functional groups attached to an aromatic ring is 1. The first-order valence-corrected chi connectivity index (χ1v) is 6.70. The molecule has 4 nitrogen and oxygen atoms in total. The molecule has 0 atom stereocenters. The summed E-state index contributed by atoms with van der Waals surface area (Å²) in [7, 11) is 0. The molecule has 0 aliphatic carbocycles. The van der Waals surface area contributed by atoms with E-state index < -0.39 is 11.7 Å². The Labute approximate surface area is 132 Å². The summed E-state index contributed by atoms with van der Waals surface area (Å²) in [5.74, 6) is 0.302. The second-order valence-corrected chi connectivity index (χ2v) is 5.30. The largest absolute Gasteiger partial charge is 0.416 e. The third kappa shape index (κ3) is 2.46. The van der Waals surface area contributed by atoms with Crippen molar-refractivity contribution in [2.75, 3.05) is 5.73 Å². The molecular weight excluding hydrogens is 340 g/mol. The standard InChI is InChI=1S/C13H7Cl2F3N4/c14-7-3-6(13(16,17)18)4-8(15)12(7)22-10-1-2-11(19)21-9(10)5-20-22/h1-5H,(H2,19,21). The van der Waals surface area contributed by atoms with Crippen molar-refractivity contribution in [3.63, 3.8) is 0 Å². The first kappa shape index (κ1) is 14.9. The van der Waals surface area contributed by atoms with Crippen LogP contribution in [0.3, 0.4) is 0 Å². The van der Waals surface area contributed by atoms with Crippen molar-refractivity contribution in [2.45, 2.75) is 6.18 Å². The van der Waals surface area contributed by atoms with Gasteiger partial charge in [0.15, 0.2) is 0 Å². The first-order valence-electron chi connectivity index (χ1n) is 5.94. The van der Waals surface area contributed by atoms with Gasteiger partial charge in [-0.15, -0.1) is 0 Å². The number of nitrogens with two attached hydrogens (primary N) is 1. The highest BCUT2D eigenvalue weighted by Crippen LogP contribution is 2.38. The number of hydrogen-bond acceptors (Lipinski definition) is 3. The van der Waals surface area contributed by atoms with Crippen LogP contribution in [0.4, 0.5) is 19.0 Å². The van der Waals surface area contributed by atoms with Gasteiger partial charge in [0.25, 0.3) is 0 Å². The number of nitrogens with zero attached hydrogens (tertiary/aromatic N) is 3. The normalized spacial score (nSPS) is 12.0. The Kier molecular flexibility index (Phi) is 3.41. The van der Waals surface area contributed by atoms with Crippen molar-refractivity contribution in [2.24, 2.45) is 0 Å². The topological polar surface area (TPSA) is 56.7 Å². The maximum atomic E-state index is 12.8. The van der Waals surface area contributed by atoms with Crippen LogP contribution in [0.1, 0.15) is 5.56 Å². The molecule has 2 aromatic heterocycles. The van der Waals surface area contributed by atoms with Gasteiger partial charge in [0.05, 0.1) is 27.3 Å². The van der Waals surface area contributed by atoms with E-state index in [-0.39, 0.29) is 15.7 Å². The SMILES string of the molecule is Nc1ccc2c(cnn2-c2c(Cl)cc(C(F)(F)F)cc2Cl)n1. The van der Waals surface area contributed by atoms with Gasteiger partial charge in [0.2, 0.25) is 0 Å². The van der Waals surface area contributed by atoms with Gasteiger partial charge in [-0.1, -0.05) is 23.2 Å². The Morgan fingerprint density at radius 1 is 1.09 bits per heavy atom. The monoisotopic (exact) mass is 346 g/mol. The Morgan fingerprint density at radius 3 is 2.32 bits per heavy atom. The number of pyridine rings is 1. The van der Waals surface area contributed by atoms with Gasteiger partial charge < -0.3 is 5.73 Å². The highest BCUT2D eigenvalue weighted by Gasteiger charge is 2.32. The molecule has 0 fully saturated rings. The number of halogens is 5. The van der Waals surface area contributed by atoms with Crippen LogP contribution in [-0.4, -0.2) is 14.8 Å². The molecule has 0 radical (unpaired) electrons. The van der Waals surface area contributed by atoms with Crippen molar-refractivity contribution >= 4 is 40.1 Å². The van der Waals surface area contributed by atoms with E-state index in [4.69, 9.17) is 28.9 Å². The molecule has 22 heavy (non-hydrogen) atoms. The molecule has 3 rings (SSSR count). The van der Waals surface area contributed by atoms with Crippen molar-refractivity contribution in [3.05, 3.63) is 46.1 Å². The molecule has 0 saturated carbocycles. The van der Waals surface area contributed by atoms with E-state index in [0.717, 1.165) is 12.1 Å². The van der Waals surface area contributed by atoms with E-state index in [1.165, 1.54) is 10.9 Å². The number of anilines is 1. The minimum absolute atomic E-state index is 0.151. The molecule has 9 heteroatoms. The van der Waals surface area contributed by atoms with Crippen molar-refractivity contribution < 1.29 is 13.2 Å². The van der Waals surface area contributed by atoms with Gasteiger partial charge in [0.1, 0.15) is 17.0 Å². The Bertz CT molecular complexity index is 850. The summed E-state index contributed by atoms with van der Waals surface area (Å²) in [6.45, 7) is 0. The number of rotatable bonds is 1. The van der Waals surface area contributed by atoms with Crippen LogP contribution < -0.4 is 5.73 Å². The summed E-state index contributed by atoms with van der Waals surface area (Å²) in [6.07, 6.45) is -3.11. The fraction of sp³-hybridized carbons (Fsp3) is 0.0769. The van der Waals surface area contributed by atoms with E-state index in [1.54, 1.807) is 12.1 Å². The zero-order valence-electron chi connectivity index (χ0n) is 10.7. The third-order valence-electron chi connectivity index (χ3n) is 3.00. The number of aromatic nitrogens is 3. The lowest BCUT2D eigenvalue weighted by Gasteiger charge is -2.13. The highest BCUT2D eigenvalue weighted by atomic mass is 35.5. The minimum atomic E-state index is -4.53. The summed E-state index contributed by atoms with van der Waals surface area (Å²) in [5, 5.41) is 3.74. The number of hydrogen-bond donors (Lipinski definition) is 1. The van der Waals surface area contributed by atoms with Gasteiger partial charge >= 0.3 is 6.18 Å². The van der Waals surface area contributed by atoms with Crippen LogP contribution in [0.25, 0.3) is 16.7 Å². The average molecular weight is 347 g/mol. The first-order chi connectivity index (χ1) is 10.3. The average Bonchev–Trinajstić information content (AvgIpc) is 2.80. The second kappa shape index (κ2) is 5.03. The van der Waals surface area contributed by atoms with Gasteiger partial charge in [0, 0.05) is 0 Å². The fourth-order valence-corrected chi connectivity index (χ4v) is 2.69. The predicted octanol–water partition coefficient (Wildman–Crippen LogP) is 4.33. The molecule has 1 aromatic carbocycles. The number of benzene rings is 1. The lowest BCUT2D eigenvalue weighted by atomic mass is 10.2. The zero-order chi connectivity index (χ0) is 16.1. The van der Waals surface area contributed by atoms with E-state index in [1.807, 2.05) is 0 Å². The van der Waals surface area contributed by atoms with Crippen LogP contribution in [0.2, 0.25) is 10.0 Å². The maximum Gasteiger partial charge on any atom is 0.416 e. The second-order valence-electron chi connectivity index (χ2n) is 4.48. The number of fused-ring (bicyclic) bond motifs is 1. The molecule has 0 saturated heterocycles. The molecule has 2 heterocycles. The summed E-state index contributed by atoms with van der Waals surface area (Å²) in [4.78, 5) is 4.07. The molecule has 0 amide bonds. The van der Waals surface area contributed by atoms with Gasteiger partial charge in [-0.3, -0.25) is 0 Å². The van der Waals surface area contributed by atoms with Gasteiger partial charge in [-0.05, 0) is 24.3 Å². The third-order valence-corrected chi connectivity index (χ3v) is 3.58. The quantitative estimate of drug-likeness (QED) is 0.713.